The Hall–Kier alpha value is -0.830. The molecular formula is C22H42O3. The maximum absolute atomic E-state index is 11.2. The number of ether oxygens (including phenoxy) is 1. The third-order valence-electron chi connectivity index (χ3n) is 4.52. The van der Waals surface area contributed by atoms with E-state index in [0.717, 1.165) is 38.5 Å². The SMILES string of the molecule is CCCC[C@H](O)/C=C\CCCCCCCCCCCCC(=O)OCC. The fourth-order valence-corrected chi connectivity index (χ4v) is 2.94. The first-order valence-corrected chi connectivity index (χ1v) is 10.7. The van der Waals surface area contributed by atoms with Crippen LogP contribution in [0.2, 0.25) is 0 Å². The molecule has 0 amide bonds. The van der Waals surface area contributed by atoms with Gasteiger partial charge in [0.05, 0.1) is 12.7 Å². The molecule has 0 rings (SSSR count). The summed E-state index contributed by atoms with van der Waals surface area (Å²) in [5, 5.41) is 9.70. The highest BCUT2D eigenvalue weighted by molar-refractivity contribution is 5.69. The van der Waals surface area contributed by atoms with Crippen molar-refractivity contribution in [2.75, 3.05) is 6.61 Å². The summed E-state index contributed by atoms with van der Waals surface area (Å²) in [7, 11) is 0. The largest absolute Gasteiger partial charge is 0.466 e. The van der Waals surface area contributed by atoms with Crippen LogP contribution in [0.1, 0.15) is 110 Å². The van der Waals surface area contributed by atoms with Crippen LogP contribution in [0.3, 0.4) is 0 Å². The molecular weight excluding hydrogens is 312 g/mol. The minimum Gasteiger partial charge on any atom is -0.466 e. The van der Waals surface area contributed by atoms with Crippen molar-refractivity contribution in [2.24, 2.45) is 0 Å². The topological polar surface area (TPSA) is 46.5 Å². The minimum absolute atomic E-state index is 0.0483. The van der Waals surface area contributed by atoms with Crippen molar-refractivity contribution in [3.8, 4) is 0 Å². The van der Waals surface area contributed by atoms with Gasteiger partial charge in [0.1, 0.15) is 0 Å². The van der Waals surface area contributed by atoms with Gasteiger partial charge in [-0.1, -0.05) is 83.3 Å². The van der Waals surface area contributed by atoms with Crippen molar-refractivity contribution in [2.45, 2.75) is 116 Å². The molecule has 0 aromatic carbocycles. The van der Waals surface area contributed by atoms with Crippen molar-refractivity contribution in [1.82, 2.24) is 0 Å². The highest BCUT2D eigenvalue weighted by Gasteiger charge is 2.00. The summed E-state index contributed by atoms with van der Waals surface area (Å²) in [5.41, 5.74) is 0. The van der Waals surface area contributed by atoms with Gasteiger partial charge in [-0.2, -0.15) is 0 Å². The molecule has 25 heavy (non-hydrogen) atoms. The van der Waals surface area contributed by atoms with Gasteiger partial charge in [0.15, 0.2) is 0 Å². The Morgan fingerprint density at radius 2 is 1.44 bits per heavy atom. The van der Waals surface area contributed by atoms with E-state index in [-0.39, 0.29) is 12.1 Å². The van der Waals surface area contributed by atoms with Gasteiger partial charge < -0.3 is 9.84 Å². The summed E-state index contributed by atoms with van der Waals surface area (Å²) in [6.45, 7) is 4.51. The molecule has 0 unspecified atom stereocenters. The van der Waals surface area contributed by atoms with Gasteiger partial charge in [0, 0.05) is 6.42 Å². The Labute approximate surface area is 156 Å². The Morgan fingerprint density at radius 1 is 0.880 bits per heavy atom. The summed E-state index contributed by atoms with van der Waals surface area (Å²) >= 11 is 0. The Bertz CT molecular complexity index is 312. The zero-order chi connectivity index (χ0) is 18.6. The second kappa shape index (κ2) is 19.5. The summed E-state index contributed by atoms with van der Waals surface area (Å²) in [6, 6.07) is 0. The molecule has 0 saturated heterocycles. The lowest BCUT2D eigenvalue weighted by molar-refractivity contribution is -0.143. The maximum Gasteiger partial charge on any atom is 0.305 e. The normalized spacial score (nSPS) is 12.6. The molecule has 0 spiro atoms. The fourth-order valence-electron chi connectivity index (χ4n) is 2.94. The standard InChI is InChI=1S/C22H42O3/c1-3-5-18-21(23)19-16-14-12-10-8-6-7-9-11-13-15-17-20-22(24)25-4-2/h16,19,21,23H,3-15,17-18,20H2,1-2H3/b19-16-/t21-/m0/s1. The van der Waals surface area contributed by atoms with Gasteiger partial charge in [-0.25, -0.2) is 0 Å². The van der Waals surface area contributed by atoms with Crippen molar-refractivity contribution in [3.63, 3.8) is 0 Å². The molecule has 0 heterocycles. The number of hydrogen-bond acceptors (Lipinski definition) is 3. The van der Waals surface area contributed by atoms with Gasteiger partial charge in [-0.15, -0.1) is 0 Å². The van der Waals surface area contributed by atoms with E-state index < -0.39 is 0 Å². The molecule has 0 aliphatic carbocycles. The van der Waals surface area contributed by atoms with Crippen molar-refractivity contribution < 1.29 is 14.6 Å². The Kier molecular flexibility index (Phi) is 18.8. The first-order chi connectivity index (χ1) is 12.2. The van der Waals surface area contributed by atoms with Gasteiger partial charge in [-0.3, -0.25) is 4.79 Å². The molecule has 1 atom stereocenters. The molecule has 0 radical (unpaired) electrons. The van der Waals surface area contributed by atoms with E-state index in [2.05, 4.69) is 13.0 Å². The van der Waals surface area contributed by atoms with E-state index in [4.69, 9.17) is 4.74 Å². The zero-order valence-electron chi connectivity index (χ0n) is 16.8. The monoisotopic (exact) mass is 354 g/mol. The first-order valence-electron chi connectivity index (χ1n) is 10.7. The second-order valence-corrected chi connectivity index (χ2v) is 7.02. The number of carbonyl (C=O) groups is 1. The van der Waals surface area contributed by atoms with E-state index in [1.54, 1.807) is 0 Å². The molecule has 0 aliphatic heterocycles. The molecule has 3 heteroatoms. The molecule has 0 aromatic rings. The summed E-state index contributed by atoms with van der Waals surface area (Å²) < 4.78 is 4.92. The van der Waals surface area contributed by atoms with E-state index in [0.29, 0.717) is 13.0 Å². The average Bonchev–Trinajstić information content (AvgIpc) is 2.60. The number of aliphatic hydroxyl groups is 1. The number of aliphatic hydroxyl groups excluding tert-OH is 1. The van der Waals surface area contributed by atoms with Crippen LogP contribution in [0.15, 0.2) is 12.2 Å². The number of esters is 1. The molecule has 0 saturated carbocycles. The van der Waals surface area contributed by atoms with Crippen LogP contribution in [-0.2, 0) is 9.53 Å². The van der Waals surface area contributed by atoms with Crippen LogP contribution in [-0.4, -0.2) is 23.8 Å². The predicted octanol–water partition coefficient (Wildman–Crippen LogP) is 6.34. The van der Waals surface area contributed by atoms with E-state index >= 15 is 0 Å². The molecule has 148 valence electrons. The smallest absolute Gasteiger partial charge is 0.305 e. The molecule has 3 nitrogen and oxygen atoms in total. The Morgan fingerprint density at radius 3 is 2.00 bits per heavy atom. The highest BCUT2D eigenvalue weighted by atomic mass is 16.5. The molecule has 0 fully saturated rings. The summed E-state index contributed by atoms with van der Waals surface area (Å²) in [6.07, 6.45) is 21.2. The van der Waals surface area contributed by atoms with E-state index in [1.807, 2.05) is 13.0 Å². The van der Waals surface area contributed by atoms with Gasteiger partial charge in [-0.05, 0) is 32.6 Å². The van der Waals surface area contributed by atoms with Gasteiger partial charge >= 0.3 is 5.97 Å². The summed E-state index contributed by atoms with van der Waals surface area (Å²) in [4.78, 5) is 11.2. The third kappa shape index (κ3) is 19.3. The van der Waals surface area contributed by atoms with Crippen LogP contribution in [0.25, 0.3) is 0 Å². The summed E-state index contributed by atoms with van der Waals surface area (Å²) in [5.74, 6) is -0.0483. The molecule has 0 aliphatic rings. The number of hydrogen-bond donors (Lipinski definition) is 1. The third-order valence-corrected chi connectivity index (χ3v) is 4.52. The fraction of sp³-hybridized carbons (Fsp3) is 0.864. The van der Waals surface area contributed by atoms with Gasteiger partial charge in [0.2, 0.25) is 0 Å². The van der Waals surface area contributed by atoms with Crippen LogP contribution in [0.4, 0.5) is 0 Å². The number of unbranched alkanes of at least 4 members (excludes halogenated alkanes) is 11. The second-order valence-electron chi connectivity index (χ2n) is 7.02. The van der Waals surface area contributed by atoms with Gasteiger partial charge in [0.25, 0.3) is 0 Å². The van der Waals surface area contributed by atoms with Crippen LogP contribution >= 0.6 is 0 Å². The average molecular weight is 355 g/mol. The maximum atomic E-state index is 11.2. The molecule has 1 N–H and O–H groups in total. The highest BCUT2D eigenvalue weighted by Crippen LogP contribution is 2.12. The lowest BCUT2D eigenvalue weighted by Gasteiger charge is -2.04. The van der Waals surface area contributed by atoms with Crippen molar-refractivity contribution in [3.05, 3.63) is 12.2 Å². The lowest BCUT2D eigenvalue weighted by atomic mass is 10.0. The van der Waals surface area contributed by atoms with E-state index in [9.17, 15) is 9.90 Å². The lowest BCUT2D eigenvalue weighted by Crippen LogP contribution is -2.03. The number of carbonyl (C=O) groups excluding carboxylic acids is 1. The van der Waals surface area contributed by atoms with Crippen LogP contribution in [0, 0.1) is 0 Å². The molecule has 0 bridgehead atoms. The van der Waals surface area contributed by atoms with E-state index in [1.165, 1.54) is 51.4 Å². The van der Waals surface area contributed by atoms with Crippen LogP contribution in [0.5, 0.6) is 0 Å². The van der Waals surface area contributed by atoms with Crippen LogP contribution < -0.4 is 0 Å². The quantitative estimate of drug-likeness (QED) is 0.177. The van der Waals surface area contributed by atoms with Crippen molar-refractivity contribution >= 4 is 5.97 Å². The van der Waals surface area contributed by atoms with Crippen molar-refractivity contribution in [1.29, 1.82) is 0 Å². The number of rotatable bonds is 18. The molecule has 0 aromatic heterocycles. The minimum atomic E-state index is -0.239. The number of allylic oxidation sites excluding steroid dienone is 1. The zero-order valence-corrected chi connectivity index (χ0v) is 16.8. The Balaban J connectivity index is 3.19. The first kappa shape index (κ1) is 24.2. The predicted molar refractivity (Wildman–Crippen MR) is 107 cm³/mol.